The van der Waals surface area contributed by atoms with E-state index < -0.39 is 5.38 Å². The monoisotopic (exact) mass is 278 g/mol. The number of ether oxygens (including phenoxy) is 1. The molecule has 0 heterocycles. The van der Waals surface area contributed by atoms with Crippen LogP contribution in [0.3, 0.4) is 0 Å². The van der Waals surface area contributed by atoms with Gasteiger partial charge in [0.2, 0.25) is 0 Å². The molecule has 100 valence electrons. The Balaban J connectivity index is 2.20. The van der Waals surface area contributed by atoms with Crippen molar-refractivity contribution in [2.24, 2.45) is 0 Å². The van der Waals surface area contributed by atoms with E-state index in [-0.39, 0.29) is 11.9 Å². The third kappa shape index (κ3) is 3.48. The minimum absolute atomic E-state index is 0.129. The molecule has 0 radical (unpaired) electrons. The van der Waals surface area contributed by atoms with E-state index in [0.717, 1.165) is 11.3 Å². The molecule has 0 aliphatic carbocycles. The lowest BCUT2D eigenvalue weighted by molar-refractivity contribution is 0.242. The van der Waals surface area contributed by atoms with Crippen molar-refractivity contribution in [3.63, 3.8) is 0 Å². The van der Waals surface area contributed by atoms with Gasteiger partial charge in [0.1, 0.15) is 11.6 Å². The maximum atomic E-state index is 13.7. The van der Waals surface area contributed by atoms with Crippen LogP contribution in [0, 0.1) is 5.82 Å². The summed E-state index contributed by atoms with van der Waals surface area (Å²) < 4.78 is 19.2. The van der Waals surface area contributed by atoms with Gasteiger partial charge in [0.25, 0.3) is 0 Å². The lowest BCUT2D eigenvalue weighted by Gasteiger charge is -2.13. The molecular formula is C16H16ClFO. The van der Waals surface area contributed by atoms with Gasteiger partial charge in [0.05, 0.1) is 11.5 Å². The first-order valence-corrected chi connectivity index (χ1v) is 6.66. The highest BCUT2D eigenvalue weighted by molar-refractivity contribution is 6.22. The molecule has 0 amide bonds. The standard InChI is InChI=1S/C16H16ClFO/c1-11(2)19-13-9-7-12(8-10-13)16(17)14-5-3-4-6-15(14)18/h3-11,16H,1-2H3. The van der Waals surface area contributed by atoms with Crippen LogP contribution in [-0.2, 0) is 0 Å². The van der Waals surface area contributed by atoms with E-state index in [2.05, 4.69) is 0 Å². The van der Waals surface area contributed by atoms with Crippen LogP contribution in [0.25, 0.3) is 0 Å². The second kappa shape index (κ2) is 6.07. The van der Waals surface area contributed by atoms with Gasteiger partial charge in [-0.05, 0) is 37.6 Å². The summed E-state index contributed by atoms with van der Waals surface area (Å²) in [6.07, 6.45) is 0.129. The summed E-state index contributed by atoms with van der Waals surface area (Å²) in [5.41, 5.74) is 1.34. The zero-order valence-electron chi connectivity index (χ0n) is 10.9. The second-order valence-electron chi connectivity index (χ2n) is 4.62. The van der Waals surface area contributed by atoms with Crippen LogP contribution in [0.2, 0.25) is 0 Å². The van der Waals surface area contributed by atoms with E-state index in [1.165, 1.54) is 6.07 Å². The Hall–Kier alpha value is -1.54. The van der Waals surface area contributed by atoms with Gasteiger partial charge in [-0.25, -0.2) is 4.39 Å². The third-order valence-electron chi connectivity index (χ3n) is 2.72. The van der Waals surface area contributed by atoms with E-state index in [4.69, 9.17) is 16.3 Å². The van der Waals surface area contributed by atoms with E-state index in [9.17, 15) is 4.39 Å². The van der Waals surface area contributed by atoms with Gasteiger partial charge >= 0.3 is 0 Å². The van der Waals surface area contributed by atoms with Crippen LogP contribution in [0.5, 0.6) is 5.75 Å². The third-order valence-corrected chi connectivity index (χ3v) is 3.21. The van der Waals surface area contributed by atoms with Gasteiger partial charge in [0, 0.05) is 5.56 Å². The van der Waals surface area contributed by atoms with Crippen molar-refractivity contribution in [3.05, 3.63) is 65.5 Å². The summed E-state index contributed by atoms with van der Waals surface area (Å²) in [6, 6.07) is 14.0. The first kappa shape index (κ1) is 13.9. The van der Waals surface area contributed by atoms with Crippen molar-refractivity contribution in [1.29, 1.82) is 0 Å². The zero-order valence-corrected chi connectivity index (χ0v) is 11.7. The number of hydrogen-bond acceptors (Lipinski definition) is 1. The first-order valence-electron chi connectivity index (χ1n) is 6.23. The van der Waals surface area contributed by atoms with Gasteiger partial charge in [-0.1, -0.05) is 30.3 Å². The quantitative estimate of drug-likeness (QED) is 0.720. The highest BCUT2D eigenvalue weighted by Crippen LogP contribution is 2.31. The minimum atomic E-state index is -0.491. The Morgan fingerprint density at radius 2 is 1.63 bits per heavy atom. The highest BCUT2D eigenvalue weighted by atomic mass is 35.5. The molecule has 0 aliphatic rings. The lowest BCUT2D eigenvalue weighted by atomic mass is 10.0. The van der Waals surface area contributed by atoms with Gasteiger partial charge in [-0.2, -0.15) is 0 Å². The first-order chi connectivity index (χ1) is 9.08. The van der Waals surface area contributed by atoms with Crippen LogP contribution in [0.1, 0.15) is 30.4 Å². The minimum Gasteiger partial charge on any atom is -0.491 e. The van der Waals surface area contributed by atoms with Crippen molar-refractivity contribution in [2.75, 3.05) is 0 Å². The number of alkyl halides is 1. The molecule has 0 bridgehead atoms. The summed E-state index contributed by atoms with van der Waals surface area (Å²) >= 11 is 6.31. The summed E-state index contributed by atoms with van der Waals surface area (Å²) in [5.74, 6) is 0.501. The number of rotatable bonds is 4. The van der Waals surface area contributed by atoms with Crippen molar-refractivity contribution in [2.45, 2.75) is 25.3 Å². The number of benzene rings is 2. The molecule has 0 saturated heterocycles. The smallest absolute Gasteiger partial charge is 0.128 e. The second-order valence-corrected chi connectivity index (χ2v) is 5.06. The maximum Gasteiger partial charge on any atom is 0.128 e. The molecule has 0 aromatic heterocycles. The predicted molar refractivity (Wildman–Crippen MR) is 76.3 cm³/mol. The predicted octanol–water partition coefficient (Wildman–Crippen LogP) is 4.94. The molecule has 0 spiro atoms. The number of hydrogen-bond donors (Lipinski definition) is 0. The Bertz CT molecular complexity index is 537. The van der Waals surface area contributed by atoms with E-state index >= 15 is 0 Å². The molecular weight excluding hydrogens is 263 g/mol. The van der Waals surface area contributed by atoms with Gasteiger partial charge in [0.15, 0.2) is 0 Å². The molecule has 0 saturated carbocycles. The van der Waals surface area contributed by atoms with E-state index in [1.807, 2.05) is 38.1 Å². The van der Waals surface area contributed by atoms with Crippen LogP contribution in [0.4, 0.5) is 4.39 Å². The molecule has 0 N–H and O–H groups in total. The molecule has 0 fully saturated rings. The molecule has 2 rings (SSSR count). The average Bonchev–Trinajstić information content (AvgIpc) is 2.39. The maximum absolute atomic E-state index is 13.7. The molecule has 0 aliphatic heterocycles. The summed E-state index contributed by atoms with van der Waals surface area (Å²) in [6.45, 7) is 3.94. The molecule has 19 heavy (non-hydrogen) atoms. The van der Waals surface area contributed by atoms with Gasteiger partial charge in [-0.15, -0.1) is 11.6 Å². The topological polar surface area (TPSA) is 9.23 Å². The Morgan fingerprint density at radius 3 is 2.21 bits per heavy atom. The highest BCUT2D eigenvalue weighted by Gasteiger charge is 2.14. The number of halogens is 2. The Kier molecular flexibility index (Phi) is 4.43. The Morgan fingerprint density at radius 1 is 1.00 bits per heavy atom. The molecule has 2 aromatic rings. The SMILES string of the molecule is CC(C)Oc1ccc(C(Cl)c2ccccc2F)cc1. The van der Waals surface area contributed by atoms with Crippen molar-refractivity contribution in [3.8, 4) is 5.75 Å². The molecule has 1 atom stereocenters. The van der Waals surface area contributed by atoms with Crippen molar-refractivity contribution >= 4 is 11.6 Å². The van der Waals surface area contributed by atoms with Crippen LogP contribution in [-0.4, -0.2) is 6.10 Å². The fraction of sp³-hybridized carbons (Fsp3) is 0.250. The summed E-state index contributed by atoms with van der Waals surface area (Å²) in [7, 11) is 0. The van der Waals surface area contributed by atoms with Crippen LogP contribution >= 0.6 is 11.6 Å². The average molecular weight is 279 g/mol. The van der Waals surface area contributed by atoms with Crippen molar-refractivity contribution in [1.82, 2.24) is 0 Å². The molecule has 1 nitrogen and oxygen atoms in total. The summed E-state index contributed by atoms with van der Waals surface area (Å²) in [5, 5.41) is -0.491. The Labute approximate surface area is 118 Å². The molecule has 3 heteroatoms. The largest absolute Gasteiger partial charge is 0.491 e. The normalized spacial score (nSPS) is 12.5. The lowest BCUT2D eigenvalue weighted by Crippen LogP contribution is -2.05. The van der Waals surface area contributed by atoms with Crippen LogP contribution in [0.15, 0.2) is 48.5 Å². The molecule has 2 aromatic carbocycles. The van der Waals surface area contributed by atoms with Gasteiger partial charge in [-0.3, -0.25) is 0 Å². The van der Waals surface area contributed by atoms with E-state index in [0.29, 0.717) is 5.56 Å². The van der Waals surface area contributed by atoms with E-state index in [1.54, 1.807) is 18.2 Å². The van der Waals surface area contributed by atoms with Gasteiger partial charge < -0.3 is 4.74 Å². The van der Waals surface area contributed by atoms with Crippen LogP contribution < -0.4 is 4.74 Å². The van der Waals surface area contributed by atoms with Crippen molar-refractivity contribution < 1.29 is 9.13 Å². The fourth-order valence-electron chi connectivity index (χ4n) is 1.85. The molecule has 1 unspecified atom stereocenters. The summed E-state index contributed by atoms with van der Waals surface area (Å²) in [4.78, 5) is 0. The fourth-order valence-corrected chi connectivity index (χ4v) is 2.17. The zero-order chi connectivity index (χ0) is 13.8.